The Hall–Kier alpha value is -1.63. The van der Waals surface area contributed by atoms with Crippen molar-refractivity contribution in [1.29, 1.82) is 5.41 Å². The summed E-state index contributed by atoms with van der Waals surface area (Å²) in [5, 5.41) is 7.05. The number of allylic oxidation sites excluding steroid dienone is 8. The quantitative estimate of drug-likeness (QED) is 0.499. The predicted octanol–water partition coefficient (Wildman–Crippen LogP) is 3.83. The first-order valence-corrected chi connectivity index (χ1v) is 4.49. The molecule has 0 rings (SSSR count). The maximum atomic E-state index is 7.05. The molecular weight excluding hydrogens is 170 g/mol. The summed E-state index contributed by atoms with van der Waals surface area (Å²) in [7, 11) is 0. The van der Waals surface area contributed by atoms with E-state index in [2.05, 4.69) is 13.2 Å². The lowest BCUT2D eigenvalue weighted by atomic mass is 10.0. The molecule has 0 atom stereocenters. The topological polar surface area (TPSA) is 23.9 Å². The second kappa shape index (κ2) is 6.84. The largest absolute Gasteiger partial charge is 0.308 e. The van der Waals surface area contributed by atoms with Crippen molar-refractivity contribution in [3.05, 3.63) is 60.3 Å². The third kappa shape index (κ3) is 4.41. The van der Waals surface area contributed by atoms with Gasteiger partial charge in [0.25, 0.3) is 0 Å². The molecule has 0 saturated heterocycles. The van der Waals surface area contributed by atoms with Crippen LogP contribution >= 0.6 is 0 Å². The molecule has 0 unspecified atom stereocenters. The third-order valence-corrected chi connectivity index (χ3v) is 1.72. The van der Waals surface area contributed by atoms with Crippen LogP contribution in [0.25, 0.3) is 0 Å². The Kier molecular flexibility index (Phi) is 6.04. The summed E-state index contributed by atoms with van der Waals surface area (Å²) in [5.74, 6) is 0. The van der Waals surface area contributed by atoms with Crippen LogP contribution in [0.5, 0.6) is 0 Å². The molecule has 0 radical (unpaired) electrons. The van der Waals surface area contributed by atoms with Crippen LogP contribution in [0.3, 0.4) is 0 Å². The molecule has 0 spiro atoms. The zero-order valence-corrected chi connectivity index (χ0v) is 8.88. The second-order valence-electron chi connectivity index (χ2n) is 2.90. The molecule has 0 amide bonds. The molecule has 0 heterocycles. The van der Waals surface area contributed by atoms with E-state index in [1.54, 1.807) is 6.08 Å². The Morgan fingerprint density at radius 2 is 2.00 bits per heavy atom. The van der Waals surface area contributed by atoms with Crippen molar-refractivity contribution < 1.29 is 0 Å². The van der Waals surface area contributed by atoms with Gasteiger partial charge in [-0.05, 0) is 30.6 Å². The molecule has 0 aromatic heterocycles. The van der Waals surface area contributed by atoms with E-state index in [9.17, 15) is 0 Å². The lowest BCUT2D eigenvalue weighted by Crippen LogP contribution is -1.83. The van der Waals surface area contributed by atoms with Crippen LogP contribution in [0.4, 0.5) is 0 Å². The Labute approximate surface area is 86.4 Å². The lowest BCUT2D eigenvalue weighted by Gasteiger charge is -2.01. The van der Waals surface area contributed by atoms with Gasteiger partial charge in [-0.3, -0.25) is 0 Å². The highest BCUT2D eigenvalue weighted by molar-refractivity contribution is 5.76. The number of hydrogen-bond acceptors (Lipinski definition) is 1. The third-order valence-electron chi connectivity index (χ3n) is 1.72. The van der Waals surface area contributed by atoms with Crippen molar-refractivity contribution in [2.45, 2.75) is 13.8 Å². The fourth-order valence-corrected chi connectivity index (χ4v) is 0.960. The SMILES string of the molecule is C=C/C=C\C(=C/C)C(=C)/C=C(/C)C=N. The van der Waals surface area contributed by atoms with E-state index < -0.39 is 0 Å². The highest BCUT2D eigenvalue weighted by atomic mass is 14.3. The Balaban J connectivity index is 4.74. The summed E-state index contributed by atoms with van der Waals surface area (Å²) in [5.41, 5.74) is 2.85. The fourth-order valence-electron chi connectivity index (χ4n) is 0.960. The van der Waals surface area contributed by atoms with Crippen molar-refractivity contribution in [2.75, 3.05) is 0 Å². The monoisotopic (exact) mass is 187 g/mol. The van der Waals surface area contributed by atoms with Crippen molar-refractivity contribution in [1.82, 2.24) is 0 Å². The van der Waals surface area contributed by atoms with Crippen molar-refractivity contribution >= 4 is 6.21 Å². The molecule has 0 aliphatic rings. The van der Waals surface area contributed by atoms with E-state index in [1.165, 1.54) is 6.21 Å². The van der Waals surface area contributed by atoms with Gasteiger partial charge in [0.05, 0.1) is 0 Å². The van der Waals surface area contributed by atoms with Crippen LogP contribution in [0.1, 0.15) is 13.8 Å². The molecule has 0 aromatic rings. The summed E-state index contributed by atoms with van der Waals surface area (Å²) < 4.78 is 0. The van der Waals surface area contributed by atoms with Gasteiger partial charge in [0, 0.05) is 6.21 Å². The minimum atomic E-state index is 0.890. The van der Waals surface area contributed by atoms with E-state index in [-0.39, 0.29) is 0 Å². The normalized spacial score (nSPS) is 13.0. The van der Waals surface area contributed by atoms with Crippen LogP contribution < -0.4 is 0 Å². The zero-order valence-electron chi connectivity index (χ0n) is 8.88. The van der Waals surface area contributed by atoms with Gasteiger partial charge in [-0.2, -0.15) is 0 Å². The summed E-state index contributed by atoms with van der Waals surface area (Å²) in [4.78, 5) is 0. The minimum absolute atomic E-state index is 0.890. The van der Waals surface area contributed by atoms with Crippen LogP contribution in [0, 0.1) is 5.41 Å². The van der Waals surface area contributed by atoms with E-state index in [1.807, 2.05) is 38.2 Å². The standard InChI is InChI=1S/C13H17N/c1-5-7-8-13(6-2)12(4)9-11(3)10-14/h5-10,14H,1,4H2,2-3H3/b8-7-,11-9-,13-6+,14-10?. The van der Waals surface area contributed by atoms with Gasteiger partial charge in [0.1, 0.15) is 0 Å². The number of hydrogen-bond donors (Lipinski definition) is 1. The average molecular weight is 187 g/mol. The molecule has 1 heteroatoms. The molecule has 14 heavy (non-hydrogen) atoms. The van der Waals surface area contributed by atoms with Crippen molar-refractivity contribution in [3.63, 3.8) is 0 Å². The molecule has 0 aliphatic carbocycles. The molecule has 0 bridgehead atoms. The molecule has 74 valence electrons. The summed E-state index contributed by atoms with van der Waals surface area (Å²) >= 11 is 0. The Morgan fingerprint density at radius 3 is 2.43 bits per heavy atom. The minimum Gasteiger partial charge on any atom is -0.308 e. The Morgan fingerprint density at radius 1 is 1.36 bits per heavy atom. The average Bonchev–Trinajstić information content (AvgIpc) is 2.18. The van der Waals surface area contributed by atoms with Gasteiger partial charge in [0.2, 0.25) is 0 Å². The van der Waals surface area contributed by atoms with E-state index in [4.69, 9.17) is 5.41 Å². The van der Waals surface area contributed by atoms with Crippen LogP contribution in [0.15, 0.2) is 60.3 Å². The van der Waals surface area contributed by atoms with Gasteiger partial charge in [-0.25, -0.2) is 0 Å². The molecule has 0 saturated carbocycles. The van der Waals surface area contributed by atoms with Crippen molar-refractivity contribution in [3.8, 4) is 0 Å². The van der Waals surface area contributed by atoms with Crippen molar-refractivity contribution in [2.24, 2.45) is 0 Å². The predicted molar refractivity (Wildman–Crippen MR) is 64.8 cm³/mol. The van der Waals surface area contributed by atoms with E-state index in [0.29, 0.717) is 0 Å². The van der Waals surface area contributed by atoms with E-state index in [0.717, 1.165) is 16.7 Å². The van der Waals surface area contributed by atoms with Gasteiger partial charge < -0.3 is 5.41 Å². The zero-order chi connectivity index (χ0) is 11.0. The smallest absolute Gasteiger partial charge is 0.0207 e. The maximum Gasteiger partial charge on any atom is 0.0207 e. The van der Waals surface area contributed by atoms with Gasteiger partial charge in [-0.15, -0.1) is 0 Å². The molecule has 0 fully saturated rings. The molecular formula is C13H17N. The molecule has 0 aromatic carbocycles. The number of nitrogens with one attached hydrogen (secondary N) is 1. The van der Waals surface area contributed by atoms with Gasteiger partial charge in [0.15, 0.2) is 0 Å². The second-order valence-corrected chi connectivity index (χ2v) is 2.90. The van der Waals surface area contributed by atoms with Gasteiger partial charge in [-0.1, -0.05) is 43.5 Å². The molecule has 0 aliphatic heterocycles. The molecule has 1 N–H and O–H groups in total. The first-order valence-electron chi connectivity index (χ1n) is 4.49. The fraction of sp³-hybridized carbons (Fsp3) is 0.154. The van der Waals surface area contributed by atoms with Gasteiger partial charge >= 0.3 is 0 Å². The first-order chi connectivity index (χ1) is 6.65. The van der Waals surface area contributed by atoms with Crippen LogP contribution in [-0.2, 0) is 0 Å². The first kappa shape index (κ1) is 12.4. The van der Waals surface area contributed by atoms with Crippen LogP contribution in [-0.4, -0.2) is 6.21 Å². The maximum absolute atomic E-state index is 7.05. The van der Waals surface area contributed by atoms with E-state index >= 15 is 0 Å². The molecule has 1 nitrogen and oxygen atoms in total. The highest BCUT2D eigenvalue weighted by Gasteiger charge is 1.94. The summed E-state index contributed by atoms with van der Waals surface area (Å²) in [6.07, 6.45) is 10.7. The van der Waals surface area contributed by atoms with Crippen LogP contribution in [0.2, 0.25) is 0 Å². The summed E-state index contributed by atoms with van der Waals surface area (Å²) in [6.45, 7) is 11.4. The summed E-state index contributed by atoms with van der Waals surface area (Å²) in [6, 6.07) is 0. The number of rotatable bonds is 5. The lowest BCUT2D eigenvalue weighted by molar-refractivity contribution is 1.46. The Bertz CT molecular complexity index is 314. The highest BCUT2D eigenvalue weighted by Crippen LogP contribution is 2.12.